The topological polar surface area (TPSA) is 41.5 Å². The van der Waals surface area contributed by atoms with E-state index in [1.54, 1.807) is 6.07 Å². The maximum atomic E-state index is 13.1. The molecule has 3 nitrogen and oxygen atoms in total. The van der Waals surface area contributed by atoms with E-state index in [2.05, 4.69) is 19.2 Å². The third kappa shape index (κ3) is 6.66. The molecule has 0 spiro atoms. The molecule has 0 amide bonds. The molecule has 0 saturated heterocycles. The van der Waals surface area contributed by atoms with Crippen molar-refractivity contribution in [2.24, 2.45) is 5.92 Å². The molecule has 0 aromatic heterocycles. The van der Waals surface area contributed by atoms with Gasteiger partial charge in [-0.3, -0.25) is 0 Å². The molecule has 0 radical (unpaired) electrons. The second kappa shape index (κ2) is 8.25. The molecule has 4 heteroatoms. The molecule has 1 aromatic carbocycles. The van der Waals surface area contributed by atoms with Crippen molar-refractivity contribution in [3.63, 3.8) is 0 Å². The maximum Gasteiger partial charge on any atom is 0.123 e. The highest BCUT2D eigenvalue weighted by Gasteiger charge is 2.09. The molecule has 0 aliphatic carbocycles. The van der Waals surface area contributed by atoms with Crippen LogP contribution in [-0.4, -0.2) is 31.0 Å². The molecule has 2 N–H and O–H groups in total. The van der Waals surface area contributed by atoms with Crippen LogP contribution in [0.25, 0.3) is 0 Å². The predicted molar refractivity (Wildman–Crippen MR) is 74.5 cm³/mol. The van der Waals surface area contributed by atoms with Gasteiger partial charge in [-0.2, -0.15) is 0 Å². The van der Waals surface area contributed by atoms with Crippen LogP contribution in [0.1, 0.15) is 32.4 Å². The summed E-state index contributed by atoms with van der Waals surface area (Å²) in [6, 6.07) is 6.47. The lowest BCUT2D eigenvalue weighted by Gasteiger charge is -2.18. The Morgan fingerprint density at radius 1 is 1.26 bits per heavy atom. The zero-order valence-corrected chi connectivity index (χ0v) is 11.9. The number of aliphatic hydroxyl groups excluding tert-OH is 1. The van der Waals surface area contributed by atoms with E-state index in [-0.39, 0.29) is 11.9 Å². The quantitative estimate of drug-likeness (QED) is 0.762. The van der Waals surface area contributed by atoms with Crippen LogP contribution in [-0.2, 0) is 4.74 Å². The van der Waals surface area contributed by atoms with Crippen LogP contribution in [0.3, 0.4) is 0 Å². The fourth-order valence-electron chi connectivity index (χ4n) is 1.71. The minimum atomic E-state index is -0.547. The van der Waals surface area contributed by atoms with Crippen LogP contribution in [0.4, 0.5) is 4.39 Å². The molecule has 2 atom stereocenters. The van der Waals surface area contributed by atoms with Gasteiger partial charge < -0.3 is 15.2 Å². The average Bonchev–Trinajstić information content (AvgIpc) is 2.35. The molecule has 0 bridgehead atoms. The van der Waals surface area contributed by atoms with E-state index in [9.17, 15) is 9.50 Å². The van der Waals surface area contributed by atoms with Crippen molar-refractivity contribution in [3.8, 4) is 0 Å². The first kappa shape index (κ1) is 16.1. The van der Waals surface area contributed by atoms with Crippen LogP contribution in [0.15, 0.2) is 24.3 Å². The molecule has 1 aromatic rings. The normalized spacial score (nSPS) is 14.6. The number of aliphatic hydroxyl groups is 1. The lowest BCUT2D eigenvalue weighted by atomic mass is 10.1. The highest BCUT2D eigenvalue weighted by atomic mass is 19.1. The smallest absolute Gasteiger partial charge is 0.123 e. The van der Waals surface area contributed by atoms with Gasteiger partial charge in [0.1, 0.15) is 5.82 Å². The van der Waals surface area contributed by atoms with Gasteiger partial charge >= 0.3 is 0 Å². The second-order valence-electron chi connectivity index (χ2n) is 5.27. The van der Waals surface area contributed by atoms with Crippen LogP contribution < -0.4 is 5.32 Å². The molecule has 0 aliphatic rings. The van der Waals surface area contributed by atoms with E-state index in [1.165, 1.54) is 12.1 Å². The number of halogens is 1. The molecule has 0 heterocycles. The second-order valence-corrected chi connectivity index (χ2v) is 5.27. The average molecular weight is 269 g/mol. The molecule has 19 heavy (non-hydrogen) atoms. The lowest BCUT2D eigenvalue weighted by molar-refractivity contribution is 0.0252. The van der Waals surface area contributed by atoms with Gasteiger partial charge in [-0.15, -0.1) is 0 Å². The third-order valence-corrected chi connectivity index (χ3v) is 2.77. The van der Waals surface area contributed by atoms with E-state index in [4.69, 9.17) is 4.74 Å². The first-order valence-corrected chi connectivity index (χ1v) is 6.73. The minimum absolute atomic E-state index is 0.00421. The van der Waals surface area contributed by atoms with Gasteiger partial charge in [0.15, 0.2) is 0 Å². The van der Waals surface area contributed by atoms with Crippen molar-refractivity contribution < 1.29 is 14.2 Å². The Balaban J connectivity index is 2.27. The van der Waals surface area contributed by atoms with Gasteiger partial charge in [-0.05, 0) is 30.5 Å². The fourth-order valence-corrected chi connectivity index (χ4v) is 1.71. The molecule has 0 aliphatic heterocycles. The van der Waals surface area contributed by atoms with Crippen molar-refractivity contribution in [2.45, 2.75) is 32.9 Å². The Morgan fingerprint density at radius 2 is 2.00 bits per heavy atom. The van der Waals surface area contributed by atoms with Gasteiger partial charge in [0, 0.05) is 19.2 Å². The number of nitrogens with one attached hydrogen (secondary N) is 1. The lowest BCUT2D eigenvalue weighted by Crippen LogP contribution is -2.32. The summed E-state index contributed by atoms with van der Waals surface area (Å²) in [6.07, 6.45) is -0.547. The fraction of sp³-hybridized carbons (Fsp3) is 0.600. The molecule has 108 valence electrons. The van der Waals surface area contributed by atoms with Crippen LogP contribution >= 0.6 is 0 Å². The van der Waals surface area contributed by atoms with Crippen molar-refractivity contribution >= 4 is 0 Å². The number of hydrogen-bond acceptors (Lipinski definition) is 3. The Morgan fingerprint density at radius 3 is 2.63 bits per heavy atom. The minimum Gasteiger partial charge on any atom is -0.389 e. The number of ether oxygens (including phenoxy) is 1. The Labute approximate surface area is 114 Å². The molecule has 0 saturated carbocycles. The summed E-state index contributed by atoms with van der Waals surface area (Å²) in [5.41, 5.74) is 0.871. The summed E-state index contributed by atoms with van der Waals surface area (Å²) in [5.74, 6) is 0.221. The van der Waals surface area contributed by atoms with E-state index in [0.717, 1.165) is 5.56 Å². The highest BCUT2D eigenvalue weighted by molar-refractivity contribution is 5.19. The van der Waals surface area contributed by atoms with Crippen molar-refractivity contribution in [2.75, 3.05) is 19.8 Å². The zero-order valence-electron chi connectivity index (χ0n) is 11.9. The number of rotatable bonds is 8. The molecule has 0 fully saturated rings. The van der Waals surface area contributed by atoms with Gasteiger partial charge in [0.2, 0.25) is 0 Å². The number of hydrogen-bond donors (Lipinski definition) is 2. The largest absolute Gasteiger partial charge is 0.389 e. The van der Waals surface area contributed by atoms with E-state index >= 15 is 0 Å². The predicted octanol–water partition coefficient (Wildman–Crippen LogP) is 2.51. The molecular formula is C15H24FNO2. The van der Waals surface area contributed by atoms with Crippen LogP contribution in [0.5, 0.6) is 0 Å². The Hall–Kier alpha value is -0.970. The Kier molecular flexibility index (Phi) is 6.99. The first-order chi connectivity index (χ1) is 8.99. The van der Waals surface area contributed by atoms with Crippen molar-refractivity contribution in [1.82, 2.24) is 5.32 Å². The zero-order chi connectivity index (χ0) is 14.3. The van der Waals surface area contributed by atoms with Crippen molar-refractivity contribution in [1.29, 1.82) is 0 Å². The van der Waals surface area contributed by atoms with Gasteiger partial charge in [-0.1, -0.05) is 26.0 Å². The molecular weight excluding hydrogens is 245 g/mol. The molecule has 1 rings (SSSR count). The summed E-state index contributed by atoms with van der Waals surface area (Å²) in [7, 11) is 0. The summed E-state index contributed by atoms with van der Waals surface area (Å²) in [6.45, 7) is 7.47. The van der Waals surface area contributed by atoms with Gasteiger partial charge in [0.05, 0.1) is 12.7 Å². The van der Waals surface area contributed by atoms with E-state index in [0.29, 0.717) is 25.7 Å². The summed E-state index contributed by atoms with van der Waals surface area (Å²) >= 11 is 0. The van der Waals surface area contributed by atoms with Crippen molar-refractivity contribution in [3.05, 3.63) is 35.6 Å². The van der Waals surface area contributed by atoms with Crippen LogP contribution in [0.2, 0.25) is 0 Å². The van der Waals surface area contributed by atoms with E-state index < -0.39 is 6.10 Å². The SMILES string of the molecule is CC(C)COCC(O)CNC(C)c1cccc(F)c1. The monoisotopic (exact) mass is 269 g/mol. The summed E-state index contributed by atoms with van der Waals surface area (Å²) < 4.78 is 18.4. The molecule has 2 unspecified atom stereocenters. The van der Waals surface area contributed by atoms with Gasteiger partial charge in [0.25, 0.3) is 0 Å². The number of benzene rings is 1. The summed E-state index contributed by atoms with van der Waals surface area (Å²) in [5, 5.41) is 12.9. The third-order valence-electron chi connectivity index (χ3n) is 2.77. The van der Waals surface area contributed by atoms with Crippen LogP contribution in [0, 0.1) is 11.7 Å². The van der Waals surface area contributed by atoms with Gasteiger partial charge in [-0.25, -0.2) is 4.39 Å². The standard InChI is InChI=1S/C15H24FNO2/c1-11(2)9-19-10-15(18)8-17-12(3)13-5-4-6-14(16)7-13/h4-7,11-12,15,17-18H,8-10H2,1-3H3. The maximum absolute atomic E-state index is 13.1. The Bertz CT molecular complexity index is 371. The van der Waals surface area contributed by atoms with E-state index in [1.807, 2.05) is 13.0 Å². The highest BCUT2D eigenvalue weighted by Crippen LogP contribution is 2.13. The first-order valence-electron chi connectivity index (χ1n) is 6.73. The summed E-state index contributed by atoms with van der Waals surface area (Å²) in [4.78, 5) is 0.